The van der Waals surface area contributed by atoms with Crippen LogP contribution in [0, 0.1) is 4.91 Å². The first-order chi connectivity index (χ1) is 12.1. The molecule has 0 saturated carbocycles. The van der Waals surface area contributed by atoms with Gasteiger partial charge in [-0.05, 0) is 30.5 Å². The van der Waals surface area contributed by atoms with E-state index in [-0.39, 0.29) is 5.25 Å². The van der Waals surface area contributed by atoms with E-state index in [9.17, 15) is 4.21 Å². The molecule has 0 amide bonds. The molecule has 7 heteroatoms. The maximum atomic E-state index is 12.3. The van der Waals surface area contributed by atoms with Gasteiger partial charge in [-0.15, -0.1) is 4.91 Å². The molecule has 1 N–H and O–H groups in total. The Morgan fingerprint density at radius 2 is 1.80 bits per heavy atom. The van der Waals surface area contributed by atoms with Crippen molar-refractivity contribution in [1.29, 1.82) is 0 Å². The van der Waals surface area contributed by atoms with Gasteiger partial charge in [-0.25, -0.2) is 0 Å². The summed E-state index contributed by atoms with van der Waals surface area (Å²) in [6.45, 7) is 4.61. The third kappa shape index (κ3) is 8.34. The Morgan fingerprint density at radius 3 is 2.52 bits per heavy atom. The van der Waals surface area contributed by atoms with Crippen molar-refractivity contribution < 1.29 is 18.9 Å². The van der Waals surface area contributed by atoms with Crippen LogP contribution in [-0.2, 0) is 17.2 Å². The monoisotopic (exact) mass is 371 g/mol. The van der Waals surface area contributed by atoms with Gasteiger partial charge in [0.05, 0.1) is 0 Å². The molecule has 2 atom stereocenters. The molecule has 25 heavy (non-hydrogen) atoms. The van der Waals surface area contributed by atoms with Crippen LogP contribution >= 0.6 is 0 Å². The van der Waals surface area contributed by atoms with E-state index in [0.29, 0.717) is 6.79 Å². The maximum absolute atomic E-state index is 12.3. The van der Waals surface area contributed by atoms with Crippen LogP contribution in [-0.4, -0.2) is 27.2 Å². The van der Waals surface area contributed by atoms with Crippen molar-refractivity contribution in [2.75, 3.05) is 12.5 Å². The summed E-state index contributed by atoms with van der Waals surface area (Å²) < 4.78 is 23.0. The van der Waals surface area contributed by atoms with Crippen LogP contribution in [0.2, 0.25) is 0 Å². The molecule has 6 nitrogen and oxygen atoms in total. The fourth-order valence-corrected chi connectivity index (χ4v) is 3.99. The summed E-state index contributed by atoms with van der Waals surface area (Å²) in [7, 11) is -0.743. The van der Waals surface area contributed by atoms with Crippen molar-refractivity contribution in [1.82, 2.24) is 0 Å². The first kappa shape index (κ1) is 21.4. The number of ether oxygens (including phenoxy) is 2. The number of nitrogens with zero attached hydrogens (tertiary/aromatic N) is 1. The SMILES string of the molecule is CCCCCCCCS(=O)C(C)Cc1ccc2c(c1)OCO2.O=NO. The van der Waals surface area contributed by atoms with Gasteiger partial charge in [-0.1, -0.05) is 52.0 Å². The molecule has 2 rings (SSSR count). The van der Waals surface area contributed by atoms with Gasteiger partial charge in [-0.3, -0.25) is 4.21 Å². The van der Waals surface area contributed by atoms with E-state index in [1.807, 2.05) is 18.2 Å². The maximum Gasteiger partial charge on any atom is 0.231 e. The Bertz CT molecular complexity index is 538. The fourth-order valence-electron chi connectivity index (χ4n) is 2.72. The van der Waals surface area contributed by atoms with Crippen LogP contribution < -0.4 is 9.47 Å². The summed E-state index contributed by atoms with van der Waals surface area (Å²) in [5, 5.41) is 8.08. The summed E-state index contributed by atoms with van der Waals surface area (Å²) in [4.78, 5) is 8.11. The highest BCUT2D eigenvalue weighted by Crippen LogP contribution is 2.33. The molecule has 1 aliphatic heterocycles. The van der Waals surface area contributed by atoms with Gasteiger partial charge >= 0.3 is 0 Å². The minimum Gasteiger partial charge on any atom is -0.454 e. The molecule has 1 heterocycles. The Hall–Kier alpha value is -1.63. The van der Waals surface area contributed by atoms with E-state index in [1.165, 1.54) is 43.0 Å². The minimum absolute atomic E-state index is 0.191. The molecule has 1 aromatic carbocycles. The average molecular weight is 371 g/mol. The highest BCUT2D eigenvalue weighted by molar-refractivity contribution is 7.85. The molecule has 0 radical (unpaired) electrons. The van der Waals surface area contributed by atoms with E-state index < -0.39 is 10.8 Å². The summed E-state index contributed by atoms with van der Waals surface area (Å²) in [6.07, 6.45) is 8.32. The summed E-state index contributed by atoms with van der Waals surface area (Å²) in [5.41, 5.74) is 1.17. The summed E-state index contributed by atoms with van der Waals surface area (Å²) >= 11 is 0. The Kier molecular flexibility index (Phi) is 10.9. The predicted octanol–water partition coefficient (Wildman–Crippen LogP) is 4.60. The molecule has 0 aromatic heterocycles. The van der Waals surface area contributed by atoms with Gasteiger partial charge < -0.3 is 14.7 Å². The van der Waals surface area contributed by atoms with Crippen LogP contribution in [0.5, 0.6) is 11.5 Å². The lowest BCUT2D eigenvalue weighted by Crippen LogP contribution is -2.16. The smallest absolute Gasteiger partial charge is 0.231 e. The van der Waals surface area contributed by atoms with Gasteiger partial charge in [-0.2, -0.15) is 0 Å². The van der Waals surface area contributed by atoms with E-state index in [0.717, 1.165) is 30.1 Å². The van der Waals surface area contributed by atoms with Gasteiger partial charge in [0.25, 0.3) is 0 Å². The normalized spacial score (nSPS) is 14.3. The zero-order valence-electron chi connectivity index (χ0n) is 15.1. The number of hydrogen-bond donors (Lipinski definition) is 1. The van der Waals surface area contributed by atoms with Gasteiger partial charge in [0, 0.05) is 21.8 Å². The van der Waals surface area contributed by atoms with E-state index in [4.69, 9.17) is 19.6 Å². The zero-order chi connectivity index (χ0) is 18.5. The molecule has 2 unspecified atom stereocenters. The van der Waals surface area contributed by atoms with Crippen molar-refractivity contribution >= 4 is 10.8 Å². The second-order valence-corrected chi connectivity index (χ2v) is 8.11. The van der Waals surface area contributed by atoms with E-state index in [1.54, 1.807) is 0 Å². The van der Waals surface area contributed by atoms with E-state index >= 15 is 0 Å². The Morgan fingerprint density at radius 1 is 1.16 bits per heavy atom. The van der Waals surface area contributed by atoms with Gasteiger partial charge in [0.1, 0.15) is 0 Å². The molecule has 0 fully saturated rings. The van der Waals surface area contributed by atoms with Crippen molar-refractivity contribution in [3.63, 3.8) is 0 Å². The van der Waals surface area contributed by atoms with Crippen molar-refractivity contribution in [2.24, 2.45) is 5.34 Å². The minimum atomic E-state index is -0.743. The largest absolute Gasteiger partial charge is 0.454 e. The lowest BCUT2D eigenvalue weighted by atomic mass is 10.1. The van der Waals surface area contributed by atoms with E-state index in [2.05, 4.69) is 13.8 Å². The van der Waals surface area contributed by atoms with Gasteiger partial charge in [0.2, 0.25) is 6.79 Å². The summed E-state index contributed by atoms with van der Waals surface area (Å²) in [5.74, 6) is 2.45. The van der Waals surface area contributed by atoms with Crippen LogP contribution in [0.1, 0.15) is 57.9 Å². The quantitative estimate of drug-likeness (QED) is 0.369. The van der Waals surface area contributed by atoms with Crippen molar-refractivity contribution in [2.45, 2.75) is 64.0 Å². The second-order valence-electron chi connectivity index (χ2n) is 6.14. The van der Waals surface area contributed by atoms with Crippen molar-refractivity contribution in [3.8, 4) is 11.5 Å². The van der Waals surface area contributed by atoms with Crippen LogP contribution in [0.15, 0.2) is 23.5 Å². The topological polar surface area (TPSA) is 85.2 Å². The third-order valence-electron chi connectivity index (χ3n) is 4.11. The zero-order valence-corrected chi connectivity index (χ0v) is 15.9. The molecular weight excluding hydrogens is 342 g/mol. The number of fused-ring (bicyclic) bond motifs is 1. The molecule has 0 saturated heterocycles. The average Bonchev–Trinajstić information content (AvgIpc) is 3.06. The molecule has 1 aromatic rings. The Labute approximate surface area is 152 Å². The van der Waals surface area contributed by atoms with Crippen LogP contribution in [0.4, 0.5) is 0 Å². The van der Waals surface area contributed by atoms with Crippen LogP contribution in [0.3, 0.4) is 0 Å². The first-order valence-corrected chi connectivity index (χ1v) is 10.2. The molecular formula is C18H29NO5S. The highest BCUT2D eigenvalue weighted by atomic mass is 32.2. The lowest BCUT2D eigenvalue weighted by Gasteiger charge is -2.12. The number of rotatable bonds is 10. The molecule has 1 aliphatic rings. The standard InChI is InChI=1S/C18H28O3S.HNO2/c1-3-4-5-6-7-8-11-22(19)15(2)12-16-9-10-17-18(13-16)21-14-20-17;2-1-3/h9-10,13,15H,3-8,11-12,14H2,1-2H3;(H,2,3). The highest BCUT2D eigenvalue weighted by Gasteiger charge is 2.16. The predicted molar refractivity (Wildman–Crippen MR) is 99.7 cm³/mol. The first-order valence-electron chi connectivity index (χ1n) is 8.84. The second kappa shape index (κ2) is 12.7. The lowest BCUT2D eigenvalue weighted by molar-refractivity contribution is 0.174. The molecule has 0 bridgehead atoms. The van der Waals surface area contributed by atoms with Gasteiger partial charge in [0.15, 0.2) is 16.8 Å². The fraction of sp³-hybridized carbons (Fsp3) is 0.667. The number of unbranched alkanes of at least 4 members (excludes halogenated alkanes) is 5. The third-order valence-corrected chi connectivity index (χ3v) is 5.86. The number of benzene rings is 1. The summed E-state index contributed by atoms with van der Waals surface area (Å²) in [6, 6.07) is 6.01. The van der Waals surface area contributed by atoms with Crippen LogP contribution in [0.25, 0.3) is 0 Å². The Balaban J connectivity index is 0.000000970. The molecule has 0 aliphatic carbocycles. The number of hydrogen-bond acceptors (Lipinski definition) is 5. The molecule has 0 spiro atoms. The van der Waals surface area contributed by atoms with Crippen molar-refractivity contribution in [3.05, 3.63) is 28.7 Å². The molecule has 142 valence electrons.